The minimum absolute atomic E-state index is 0.125. The molecule has 0 N–H and O–H groups in total. The zero-order valence-corrected chi connectivity index (χ0v) is 19.9. The van der Waals surface area contributed by atoms with E-state index in [0.717, 1.165) is 22.2 Å². The minimum atomic E-state index is -0.275. The van der Waals surface area contributed by atoms with Crippen molar-refractivity contribution in [2.24, 2.45) is 0 Å². The Balaban J connectivity index is 1.52. The number of esters is 1. The van der Waals surface area contributed by atoms with E-state index in [-0.39, 0.29) is 18.3 Å². The van der Waals surface area contributed by atoms with Crippen LogP contribution in [-0.2, 0) is 20.9 Å². The summed E-state index contributed by atoms with van der Waals surface area (Å²) in [5.74, 6) is -0.0694. The van der Waals surface area contributed by atoms with Gasteiger partial charge in [-0.15, -0.1) is 31.7 Å². The fourth-order valence-electron chi connectivity index (χ4n) is 1.65. The summed E-state index contributed by atoms with van der Waals surface area (Å²) >= 11 is 8.25. The molecule has 29 heavy (non-hydrogen) atoms. The molecule has 0 fully saturated rings. The number of carbonyl (C=O) groups excluding carboxylic acids is 1. The lowest BCUT2D eigenvalue weighted by molar-refractivity contribution is -0.807. The highest BCUT2D eigenvalue weighted by atomic mass is 32.2. The second kappa shape index (κ2) is 11.2. The van der Waals surface area contributed by atoms with Crippen LogP contribution in [0, 0.1) is 4.91 Å². The summed E-state index contributed by atoms with van der Waals surface area (Å²) in [7, 11) is 1.32. The van der Waals surface area contributed by atoms with Crippen LogP contribution < -0.4 is 0 Å². The van der Waals surface area contributed by atoms with Crippen LogP contribution in [0.2, 0.25) is 0 Å². The van der Waals surface area contributed by atoms with Gasteiger partial charge in [0.25, 0.3) is 6.54 Å². The van der Waals surface area contributed by atoms with Gasteiger partial charge in [-0.25, -0.2) is 9.82 Å². The predicted octanol–water partition coefficient (Wildman–Crippen LogP) is 3.64. The van der Waals surface area contributed by atoms with Gasteiger partial charge in [0, 0.05) is 6.20 Å². The van der Waals surface area contributed by atoms with Crippen LogP contribution in [0.5, 0.6) is 0 Å². The zero-order chi connectivity index (χ0) is 20.6. The molecule has 0 amide bonds. The first-order chi connectivity index (χ1) is 14.1. The number of ether oxygens (including phenoxy) is 1. The molecule has 16 heteroatoms. The van der Waals surface area contributed by atoms with Gasteiger partial charge in [-0.3, -0.25) is 4.79 Å². The number of carbonyl (C=O) groups is 1. The topological polar surface area (TPSA) is 120 Å². The molecule has 3 heterocycles. The molecule has 0 unspecified atom stereocenters. The summed E-state index contributed by atoms with van der Waals surface area (Å²) in [5, 5.41) is 16.5. The van der Waals surface area contributed by atoms with Gasteiger partial charge < -0.3 is 4.74 Å². The fraction of sp³-hybridized carbons (Fsp3) is 0.385. The molecule has 3 rings (SSSR count). The van der Waals surface area contributed by atoms with E-state index in [1.54, 1.807) is 13.1 Å². The normalized spacial score (nSPS) is 10.8. The van der Waals surface area contributed by atoms with Gasteiger partial charge in [-0.05, 0) is 30.4 Å². The highest BCUT2D eigenvalue weighted by molar-refractivity contribution is 8.05. The van der Waals surface area contributed by atoms with Crippen molar-refractivity contribution >= 4 is 75.3 Å². The highest BCUT2D eigenvalue weighted by Gasteiger charge is 2.16. The monoisotopic (exact) mass is 509 g/mol. The summed E-state index contributed by atoms with van der Waals surface area (Å²) < 4.78 is 8.53. The first kappa shape index (κ1) is 22.4. The third-order valence-corrected chi connectivity index (χ3v) is 8.93. The third-order valence-electron chi connectivity index (χ3n) is 2.76. The first-order valence-electron chi connectivity index (χ1n) is 7.80. The van der Waals surface area contributed by atoms with E-state index in [2.05, 4.69) is 30.2 Å². The van der Waals surface area contributed by atoms with E-state index in [1.807, 2.05) is 0 Å². The van der Waals surface area contributed by atoms with Crippen molar-refractivity contribution in [2.45, 2.75) is 35.2 Å². The summed E-state index contributed by atoms with van der Waals surface area (Å²) in [6.45, 7) is 2.26. The van der Waals surface area contributed by atoms with Crippen LogP contribution in [0.1, 0.15) is 11.8 Å². The highest BCUT2D eigenvalue weighted by Crippen LogP contribution is 2.39. The Kier molecular flexibility index (Phi) is 8.61. The van der Waals surface area contributed by atoms with Gasteiger partial charge >= 0.3 is 5.97 Å². The van der Waals surface area contributed by atoms with Crippen LogP contribution >= 0.6 is 69.3 Å². The molecule has 0 aliphatic rings. The molecule has 0 aliphatic heterocycles. The van der Waals surface area contributed by atoms with E-state index in [4.69, 9.17) is 4.74 Å². The Hall–Kier alpha value is -1.33. The number of thiazole rings is 1. The van der Waals surface area contributed by atoms with Crippen molar-refractivity contribution in [3.05, 3.63) is 16.0 Å². The van der Waals surface area contributed by atoms with E-state index in [9.17, 15) is 9.70 Å². The van der Waals surface area contributed by atoms with Crippen molar-refractivity contribution in [3.8, 4) is 0 Å². The largest absolute Gasteiger partial charge is 0.465 e. The SMILES string of the molecule is CCOC(=O)CSc1nnc(Sc2nnc(Sc3ncc(C[N+](=O)OC)s3)s2)s1. The Morgan fingerprint density at radius 2 is 1.66 bits per heavy atom. The van der Waals surface area contributed by atoms with Crippen LogP contribution in [0.15, 0.2) is 27.9 Å². The van der Waals surface area contributed by atoms with Crippen molar-refractivity contribution in [1.29, 1.82) is 0 Å². The number of aromatic nitrogens is 5. The Morgan fingerprint density at radius 1 is 1.03 bits per heavy atom. The summed E-state index contributed by atoms with van der Waals surface area (Å²) in [5.41, 5.74) is 0. The Labute approximate surface area is 189 Å². The van der Waals surface area contributed by atoms with Crippen molar-refractivity contribution < 1.29 is 19.3 Å². The Bertz CT molecular complexity index is 975. The molecular formula is C13H13N6O4S6+. The van der Waals surface area contributed by atoms with Gasteiger partial charge in [0.2, 0.25) is 4.92 Å². The van der Waals surface area contributed by atoms with Gasteiger partial charge in [-0.1, -0.05) is 34.4 Å². The van der Waals surface area contributed by atoms with Crippen LogP contribution in [-0.4, -0.2) is 55.7 Å². The number of hydrogen-bond acceptors (Lipinski definition) is 15. The number of rotatable bonds is 11. The maximum Gasteiger partial charge on any atom is 0.316 e. The lowest BCUT2D eigenvalue weighted by Gasteiger charge is -1.97. The second-order valence-corrected chi connectivity index (χ2v) is 12.0. The van der Waals surface area contributed by atoms with Crippen molar-refractivity contribution in [2.75, 3.05) is 19.5 Å². The van der Waals surface area contributed by atoms with Gasteiger partial charge in [0.1, 0.15) is 4.88 Å². The van der Waals surface area contributed by atoms with Crippen LogP contribution in [0.25, 0.3) is 0 Å². The maximum atomic E-state index is 11.4. The van der Waals surface area contributed by atoms with Crippen LogP contribution in [0.4, 0.5) is 0 Å². The number of hydrogen-bond donors (Lipinski definition) is 0. The lowest BCUT2D eigenvalue weighted by Crippen LogP contribution is -2.06. The average Bonchev–Trinajstić information content (AvgIpc) is 3.43. The predicted molar refractivity (Wildman–Crippen MR) is 112 cm³/mol. The smallest absolute Gasteiger partial charge is 0.316 e. The van der Waals surface area contributed by atoms with Crippen LogP contribution in [0.3, 0.4) is 0 Å². The van der Waals surface area contributed by atoms with E-state index < -0.39 is 0 Å². The van der Waals surface area contributed by atoms with E-state index in [1.165, 1.54) is 76.4 Å². The standard InChI is InChI=1S/C13H13N6O4S6/c1-3-23-8(20)6-24-10-15-16-12(27-10)29-13-18-17-11(28-13)26-9-14-4-7(25-9)5-19(21)22-2/h4H,3,5-6H2,1-2H3/q+1. The van der Waals surface area contributed by atoms with E-state index in [0.29, 0.717) is 15.9 Å². The molecule has 0 radical (unpaired) electrons. The molecule has 0 spiro atoms. The number of nitrogens with zero attached hydrogens (tertiary/aromatic N) is 6. The van der Waals surface area contributed by atoms with Gasteiger partial charge in [0.15, 0.2) is 28.8 Å². The van der Waals surface area contributed by atoms with E-state index >= 15 is 0 Å². The summed E-state index contributed by atoms with van der Waals surface area (Å²) in [6.07, 6.45) is 1.64. The van der Waals surface area contributed by atoms with Crippen molar-refractivity contribution in [3.63, 3.8) is 0 Å². The molecule has 0 atom stereocenters. The molecule has 10 nitrogen and oxygen atoms in total. The first-order valence-corrected chi connectivity index (χ1v) is 12.9. The molecule has 3 aromatic rings. The quantitative estimate of drug-likeness (QED) is 0.213. The zero-order valence-electron chi connectivity index (χ0n) is 15.0. The average molecular weight is 510 g/mol. The molecule has 0 aromatic carbocycles. The Morgan fingerprint density at radius 3 is 2.31 bits per heavy atom. The fourth-order valence-corrected chi connectivity index (χ4v) is 7.88. The number of thioether (sulfide) groups is 1. The molecule has 0 saturated heterocycles. The molecular weight excluding hydrogens is 497 g/mol. The minimum Gasteiger partial charge on any atom is -0.465 e. The van der Waals surface area contributed by atoms with Gasteiger partial charge in [0.05, 0.1) is 17.3 Å². The molecule has 154 valence electrons. The maximum absolute atomic E-state index is 11.4. The molecule has 0 saturated carbocycles. The van der Waals surface area contributed by atoms with Gasteiger partial charge in [-0.2, -0.15) is 0 Å². The summed E-state index contributed by atoms with van der Waals surface area (Å²) in [6, 6.07) is 0. The molecule has 0 aliphatic carbocycles. The lowest BCUT2D eigenvalue weighted by atomic mass is 10.6. The second-order valence-electron chi connectivity index (χ2n) is 4.73. The summed E-state index contributed by atoms with van der Waals surface area (Å²) in [4.78, 5) is 32.8. The molecule has 3 aromatic heterocycles. The van der Waals surface area contributed by atoms with Crippen molar-refractivity contribution in [1.82, 2.24) is 25.4 Å². The third kappa shape index (κ3) is 7.14. The molecule has 0 bridgehead atoms.